The largest absolute Gasteiger partial charge is 0.459 e. The number of furan rings is 1. The number of rotatable bonds is 6. The summed E-state index contributed by atoms with van der Waals surface area (Å²) in [5, 5.41) is 8.21. The molecule has 0 radical (unpaired) electrons. The minimum absolute atomic E-state index is 0.238. The zero-order valence-corrected chi connectivity index (χ0v) is 17.0. The molecule has 0 atom stereocenters. The quantitative estimate of drug-likeness (QED) is 0.468. The van der Waals surface area contributed by atoms with Gasteiger partial charge in [0.2, 0.25) is 0 Å². The topological polar surface area (TPSA) is 84.2 Å². The summed E-state index contributed by atoms with van der Waals surface area (Å²) in [4.78, 5) is 29.0. The van der Waals surface area contributed by atoms with Crippen LogP contribution in [0.5, 0.6) is 0 Å². The number of benzene rings is 2. The SMILES string of the molecule is Cc1ccc(-c2nc(C(=O)NCc3cccc(NC(=O)c4ccco4)c3)cs2)cc1. The highest BCUT2D eigenvalue weighted by atomic mass is 32.1. The fourth-order valence-electron chi connectivity index (χ4n) is 2.84. The molecule has 7 heteroatoms. The van der Waals surface area contributed by atoms with Gasteiger partial charge in [-0.2, -0.15) is 0 Å². The molecule has 2 aromatic carbocycles. The van der Waals surface area contributed by atoms with Crippen LogP contribution in [0.3, 0.4) is 0 Å². The second kappa shape index (κ2) is 8.75. The van der Waals surface area contributed by atoms with E-state index in [0.29, 0.717) is 17.9 Å². The van der Waals surface area contributed by atoms with Crippen molar-refractivity contribution >= 4 is 28.8 Å². The first kappa shape index (κ1) is 19.6. The molecule has 150 valence electrons. The van der Waals surface area contributed by atoms with Crippen molar-refractivity contribution in [1.82, 2.24) is 10.3 Å². The minimum atomic E-state index is -0.327. The minimum Gasteiger partial charge on any atom is -0.459 e. The van der Waals surface area contributed by atoms with E-state index in [1.807, 2.05) is 43.3 Å². The van der Waals surface area contributed by atoms with Crippen LogP contribution in [-0.2, 0) is 6.54 Å². The normalized spacial score (nSPS) is 10.6. The summed E-state index contributed by atoms with van der Waals surface area (Å²) in [6, 6.07) is 18.6. The van der Waals surface area contributed by atoms with E-state index in [-0.39, 0.29) is 17.6 Å². The fourth-order valence-corrected chi connectivity index (χ4v) is 3.65. The second-order valence-electron chi connectivity index (χ2n) is 6.72. The summed E-state index contributed by atoms with van der Waals surface area (Å²) in [7, 11) is 0. The Morgan fingerprint density at radius 1 is 1.03 bits per heavy atom. The molecule has 2 N–H and O–H groups in total. The number of carbonyl (C=O) groups is 2. The Morgan fingerprint density at radius 2 is 1.87 bits per heavy atom. The summed E-state index contributed by atoms with van der Waals surface area (Å²) in [6.07, 6.45) is 1.45. The number of nitrogens with one attached hydrogen (secondary N) is 2. The monoisotopic (exact) mass is 417 g/mol. The van der Waals surface area contributed by atoms with E-state index >= 15 is 0 Å². The third-order valence-electron chi connectivity index (χ3n) is 4.42. The standard InChI is InChI=1S/C23H19N3O3S/c1-15-7-9-17(10-8-15)23-26-19(14-30-23)21(27)24-13-16-4-2-5-18(12-16)25-22(28)20-6-3-11-29-20/h2-12,14H,13H2,1H3,(H,24,27)(H,25,28). The van der Waals surface area contributed by atoms with Gasteiger partial charge >= 0.3 is 0 Å². The zero-order chi connectivity index (χ0) is 20.9. The molecular weight excluding hydrogens is 398 g/mol. The van der Waals surface area contributed by atoms with E-state index in [9.17, 15) is 9.59 Å². The molecule has 0 saturated carbocycles. The number of amides is 2. The number of anilines is 1. The van der Waals surface area contributed by atoms with Crippen LogP contribution in [0.25, 0.3) is 10.6 Å². The van der Waals surface area contributed by atoms with Gasteiger partial charge in [0, 0.05) is 23.2 Å². The Labute approximate surface area is 177 Å². The van der Waals surface area contributed by atoms with E-state index in [4.69, 9.17) is 4.42 Å². The van der Waals surface area contributed by atoms with Gasteiger partial charge in [-0.05, 0) is 36.8 Å². The lowest BCUT2D eigenvalue weighted by Gasteiger charge is -2.07. The first-order valence-corrected chi connectivity index (χ1v) is 10.2. The fraction of sp³-hybridized carbons (Fsp3) is 0.0870. The summed E-state index contributed by atoms with van der Waals surface area (Å²) in [6.45, 7) is 2.35. The smallest absolute Gasteiger partial charge is 0.291 e. The molecule has 2 amide bonds. The van der Waals surface area contributed by atoms with E-state index in [0.717, 1.165) is 16.1 Å². The predicted molar refractivity (Wildman–Crippen MR) is 117 cm³/mol. The molecular formula is C23H19N3O3S. The Bertz CT molecular complexity index is 1160. The number of hydrogen-bond acceptors (Lipinski definition) is 5. The van der Waals surface area contributed by atoms with Crippen molar-refractivity contribution in [2.24, 2.45) is 0 Å². The van der Waals surface area contributed by atoms with Crippen LogP contribution in [0.1, 0.15) is 32.2 Å². The molecule has 0 unspecified atom stereocenters. The molecule has 6 nitrogen and oxygen atoms in total. The Balaban J connectivity index is 1.37. The van der Waals surface area contributed by atoms with Gasteiger partial charge in [-0.15, -0.1) is 11.3 Å². The second-order valence-corrected chi connectivity index (χ2v) is 7.58. The van der Waals surface area contributed by atoms with Crippen molar-refractivity contribution in [3.05, 3.63) is 94.9 Å². The van der Waals surface area contributed by atoms with E-state index in [1.54, 1.807) is 29.6 Å². The van der Waals surface area contributed by atoms with Crippen LogP contribution in [-0.4, -0.2) is 16.8 Å². The Hall–Kier alpha value is -3.71. The molecule has 0 saturated heterocycles. The summed E-state index contributed by atoms with van der Waals surface area (Å²) in [5.74, 6) is -0.330. The highest BCUT2D eigenvalue weighted by molar-refractivity contribution is 7.13. The van der Waals surface area contributed by atoms with Crippen LogP contribution < -0.4 is 10.6 Å². The van der Waals surface area contributed by atoms with Crippen molar-refractivity contribution in [2.45, 2.75) is 13.5 Å². The number of nitrogens with zero attached hydrogens (tertiary/aromatic N) is 1. The first-order valence-electron chi connectivity index (χ1n) is 9.33. The van der Waals surface area contributed by atoms with Crippen molar-refractivity contribution in [3.63, 3.8) is 0 Å². The van der Waals surface area contributed by atoms with E-state index < -0.39 is 0 Å². The molecule has 0 aliphatic rings. The molecule has 0 aliphatic carbocycles. The lowest BCUT2D eigenvalue weighted by molar-refractivity contribution is 0.0945. The number of thiazole rings is 1. The maximum Gasteiger partial charge on any atom is 0.291 e. The van der Waals surface area contributed by atoms with Gasteiger partial charge in [0.05, 0.1) is 6.26 Å². The predicted octanol–water partition coefficient (Wildman–Crippen LogP) is 4.89. The van der Waals surface area contributed by atoms with E-state index in [1.165, 1.54) is 23.2 Å². The van der Waals surface area contributed by atoms with Gasteiger partial charge < -0.3 is 15.1 Å². The summed E-state index contributed by atoms with van der Waals surface area (Å²) >= 11 is 1.44. The Kier molecular flexibility index (Phi) is 5.72. The maximum atomic E-state index is 12.5. The highest BCUT2D eigenvalue weighted by Crippen LogP contribution is 2.24. The Morgan fingerprint density at radius 3 is 2.63 bits per heavy atom. The lowest BCUT2D eigenvalue weighted by atomic mass is 10.2. The van der Waals surface area contributed by atoms with Crippen LogP contribution in [0.15, 0.2) is 76.7 Å². The maximum absolute atomic E-state index is 12.5. The number of carbonyl (C=O) groups excluding carboxylic acids is 2. The number of aryl methyl sites for hydroxylation is 1. The van der Waals surface area contributed by atoms with Crippen molar-refractivity contribution < 1.29 is 14.0 Å². The first-order chi connectivity index (χ1) is 14.6. The average molecular weight is 417 g/mol. The summed E-state index contributed by atoms with van der Waals surface area (Å²) in [5.41, 5.74) is 4.03. The highest BCUT2D eigenvalue weighted by Gasteiger charge is 2.12. The summed E-state index contributed by atoms with van der Waals surface area (Å²) < 4.78 is 5.09. The number of hydrogen-bond donors (Lipinski definition) is 2. The van der Waals surface area contributed by atoms with Gasteiger partial charge in [0.15, 0.2) is 5.76 Å². The van der Waals surface area contributed by atoms with Gasteiger partial charge in [0.1, 0.15) is 10.7 Å². The van der Waals surface area contributed by atoms with Gasteiger partial charge in [0.25, 0.3) is 11.8 Å². The third-order valence-corrected chi connectivity index (χ3v) is 5.31. The van der Waals surface area contributed by atoms with Crippen molar-refractivity contribution in [2.75, 3.05) is 5.32 Å². The average Bonchev–Trinajstić information content (AvgIpc) is 3.45. The molecule has 0 bridgehead atoms. The van der Waals surface area contributed by atoms with Crippen molar-refractivity contribution in [1.29, 1.82) is 0 Å². The molecule has 0 spiro atoms. The number of aromatic nitrogens is 1. The molecule has 30 heavy (non-hydrogen) atoms. The molecule has 4 aromatic rings. The molecule has 2 aromatic heterocycles. The van der Waals surface area contributed by atoms with Gasteiger partial charge in [-0.25, -0.2) is 4.98 Å². The molecule has 0 aliphatic heterocycles. The van der Waals surface area contributed by atoms with Crippen LogP contribution in [0.4, 0.5) is 5.69 Å². The third kappa shape index (κ3) is 4.64. The van der Waals surface area contributed by atoms with Crippen molar-refractivity contribution in [3.8, 4) is 10.6 Å². The van der Waals surface area contributed by atoms with Gasteiger partial charge in [-0.3, -0.25) is 9.59 Å². The molecule has 2 heterocycles. The van der Waals surface area contributed by atoms with Crippen LogP contribution in [0, 0.1) is 6.92 Å². The van der Waals surface area contributed by atoms with E-state index in [2.05, 4.69) is 15.6 Å². The zero-order valence-electron chi connectivity index (χ0n) is 16.2. The molecule has 0 fully saturated rings. The molecule has 4 rings (SSSR count). The van der Waals surface area contributed by atoms with Crippen LogP contribution >= 0.6 is 11.3 Å². The lowest BCUT2D eigenvalue weighted by Crippen LogP contribution is -2.23. The van der Waals surface area contributed by atoms with Gasteiger partial charge in [-0.1, -0.05) is 42.0 Å². The van der Waals surface area contributed by atoms with Crippen LogP contribution in [0.2, 0.25) is 0 Å².